The lowest BCUT2D eigenvalue weighted by Crippen LogP contribution is -2.34. The lowest BCUT2D eigenvalue weighted by atomic mass is 9.97. The number of benzene rings is 1. The molecule has 2 N–H and O–H groups in total. The van der Waals surface area contributed by atoms with Crippen molar-refractivity contribution in [1.82, 2.24) is 4.98 Å². The van der Waals surface area contributed by atoms with E-state index in [1.165, 1.54) is 0 Å². The zero-order chi connectivity index (χ0) is 17.9. The Morgan fingerprint density at radius 3 is 2.44 bits per heavy atom. The van der Waals surface area contributed by atoms with Crippen molar-refractivity contribution >= 4 is 22.2 Å². The van der Waals surface area contributed by atoms with Crippen molar-refractivity contribution in [2.45, 2.75) is 25.6 Å². The van der Waals surface area contributed by atoms with Crippen LogP contribution < -0.4 is 10.2 Å². The fraction of sp³-hybridized carbons (Fsp3) is 0.471. The minimum Gasteiger partial charge on any atom is -0.396 e. The number of halogens is 3. The molecule has 1 saturated heterocycles. The van der Waals surface area contributed by atoms with Gasteiger partial charge in [-0.3, -0.25) is 0 Å². The molecule has 0 bridgehead atoms. The molecule has 8 heteroatoms. The van der Waals surface area contributed by atoms with Crippen LogP contribution in [0.15, 0.2) is 30.5 Å². The average molecular weight is 371 g/mol. The van der Waals surface area contributed by atoms with E-state index < -0.39 is 11.1 Å². The number of aliphatic hydroxyl groups excluding tert-OH is 1. The van der Waals surface area contributed by atoms with Crippen molar-refractivity contribution in [2.24, 2.45) is 5.92 Å². The Kier molecular flexibility index (Phi) is 5.48. The van der Waals surface area contributed by atoms with E-state index >= 15 is 0 Å². The summed E-state index contributed by atoms with van der Waals surface area (Å²) in [6.45, 7) is 2.55. The van der Waals surface area contributed by atoms with Gasteiger partial charge in [-0.2, -0.15) is 13.2 Å². The van der Waals surface area contributed by atoms with E-state index in [4.69, 9.17) is 0 Å². The van der Waals surface area contributed by atoms with Crippen LogP contribution >= 0.6 is 11.3 Å². The summed E-state index contributed by atoms with van der Waals surface area (Å²) >= 11 is 0.611. The Hall–Kier alpha value is -1.80. The van der Waals surface area contributed by atoms with E-state index in [1.807, 2.05) is 24.3 Å². The van der Waals surface area contributed by atoms with Crippen LogP contribution in [0.5, 0.6) is 0 Å². The Balaban J connectivity index is 1.53. The van der Waals surface area contributed by atoms with Crippen molar-refractivity contribution in [3.8, 4) is 0 Å². The highest BCUT2D eigenvalue weighted by Gasteiger charge is 2.33. The number of anilines is 2. The van der Waals surface area contributed by atoms with E-state index in [-0.39, 0.29) is 11.7 Å². The summed E-state index contributed by atoms with van der Waals surface area (Å²) in [5.41, 5.74) is 2.12. The second-order valence-electron chi connectivity index (χ2n) is 6.16. The number of hydrogen-bond donors (Lipinski definition) is 2. The Labute approximate surface area is 148 Å². The van der Waals surface area contributed by atoms with Crippen LogP contribution in [-0.2, 0) is 12.7 Å². The van der Waals surface area contributed by atoms with Gasteiger partial charge in [-0.15, -0.1) is 0 Å². The molecule has 0 radical (unpaired) electrons. The van der Waals surface area contributed by atoms with Gasteiger partial charge in [0, 0.05) is 31.9 Å². The number of aliphatic hydroxyl groups is 1. The third kappa shape index (κ3) is 4.64. The Morgan fingerprint density at radius 1 is 1.20 bits per heavy atom. The fourth-order valence-electron chi connectivity index (χ4n) is 2.86. The van der Waals surface area contributed by atoms with Crippen LogP contribution in [0.25, 0.3) is 0 Å². The Morgan fingerprint density at radius 2 is 1.88 bits per heavy atom. The molecule has 1 aliphatic rings. The molecule has 0 saturated carbocycles. The van der Waals surface area contributed by atoms with Gasteiger partial charge in [0.25, 0.3) is 0 Å². The molecule has 1 aromatic carbocycles. The first-order chi connectivity index (χ1) is 12.0. The molecule has 1 fully saturated rings. The number of piperidine rings is 1. The van der Waals surface area contributed by atoms with Gasteiger partial charge in [0.15, 0.2) is 5.13 Å². The maximum atomic E-state index is 12.6. The number of nitrogens with one attached hydrogen (secondary N) is 1. The summed E-state index contributed by atoms with van der Waals surface area (Å²) in [5.74, 6) is 0.402. The van der Waals surface area contributed by atoms with Crippen LogP contribution in [0.4, 0.5) is 24.0 Å². The van der Waals surface area contributed by atoms with Crippen LogP contribution in [-0.4, -0.2) is 29.8 Å². The molecule has 0 spiro atoms. The largest absolute Gasteiger partial charge is 0.427 e. The molecule has 1 aliphatic heterocycles. The zero-order valence-electron chi connectivity index (χ0n) is 13.6. The second kappa shape index (κ2) is 7.61. The number of alkyl halides is 3. The van der Waals surface area contributed by atoms with Gasteiger partial charge >= 0.3 is 6.18 Å². The molecule has 3 rings (SSSR count). The van der Waals surface area contributed by atoms with Crippen molar-refractivity contribution in [2.75, 3.05) is 29.9 Å². The minimum atomic E-state index is -4.34. The normalized spacial score (nSPS) is 16.2. The first-order valence-corrected chi connectivity index (χ1v) is 8.99. The summed E-state index contributed by atoms with van der Waals surface area (Å²) in [4.78, 5) is 5.36. The predicted octanol–water partition coefficient (Wildman–Crippen LogP) is 3.98. The Bertz CT molecular complexity index is 679. The minimum absolute atomic E-state index is 0.255. The molecule has 2 heterocycles. The fourth-order valence-corrected chi connectivity index (χ4v) is 3.54. The molecule has 0 atom stereocenters. The van der Waals surface area contributed by atoms with E-state index in [9.17, 15) is 18.3 Å². The maximum Gasteiger partial charge on any atom is 0.427 e. The van der Waals surface area contributed by atoms with E-state index in [0.29, 0.717) is 23.8 Å². The van der Waals surface area contributed by atoms with Gasteiger partial charge in [0.2, 0.25) is 0 Å². The monoisotopic (exact) mass is 371 g/mol. The van der Waals surface area contributed by atoms with Crippen molar-refractivity contribution < 1.29 is 18.3 Å². The maximum absolute atomic E-state index is 12.6. The smallest absolute Gasteiger partial charge is 0.396 e. The number of aromatic nitrogens is 1. The third-order valence-electron chi connectivity index (χ3n) is 4.40. The molecule has 0 unspecified atom stereocenters. The van der Waals surface area contributed by atoms with Crippen LogP contribution in [0.3, 0.4) is 0 Å². The molecular formula is C17H20F3N3OS. The first kappa shape index (κ1) is 18.0. The SMILES string of the molecule is OCC1CCN(c2ccc(CNc3ncc(C(F)(F)F)s3)cc2)CC1. The van der Waals surface area contributed by atoms with Crippen molar-refractivity contribution in [3.05, 3.63) is 40.9 Å². The average Bonchev–Trinajstić information content (AvgIpc) is 3.10. The summed E-state index contributed by atoms with van der Waals surface area (Å²) in [6, 6.07) is 8.00. The predicted molar refractivity (Wildman–Crippen MR) is 92.9 cm³/mol. The van der Waals surface area contributed by atoms with Gasteiger partial charge in [-0.1, -0.05) is 23.5 Å². The topological polar surface area (TPSA) is 48.4 Å². The van der Waals surface area contributed by atoms with Crippen molar-refractivity contribution in [3.63, 3.8) is 0 Å². The van der Waals surface area contributed by atoms with E-state index in [2.05, 4.69) is 15.2 Å². The summed E-state index contributed by atoms with van der Waals surface area (Å²) in [5, 5.41) is 12.4. The molecule has 4 nitrogen and oxygen atoms in total. The highest BCUT2D eigenvalue weighted by Crippen LogP contribution is 2.35. The van der Waals surface area contributed by atoms with Crippen molar-refractivity contribution in [1.29, 1.82) is 0 Å². The van der Waals surface area contributed by atoms with Gasteiger partial charge < -0.3 is 15.3 Å². The van der Waals surface area contributed by atoms with E-state index in [1.54, 1.807) is 0 Å². The quantitative estimate of drug-likeness (QED) is 0.835. The number of nitrogens with zero attached hydrogens (tertiary/aromatic N) is 2. The summed E-state index contributed by atoms with van der Waals surface area (Å²) in [7, 11) is 0. The van der Waals surface area contributed by atoms with Crippen LogP contribution in [0, 0.1) is 5.92 Å². The molecule has 2 aromatic rings. The van der Waals surface area contributed by atoms with Crippen LogP contribution in [0.2, 0.25) is 0 Å². The standard InChI is InChI=1S/C17H20F3N3OS/c18-17(19,20)15-10-22-16(25-15)21-9-12-1-3-14(4-2-12)23-7-5-13(11-24)6-8-23/h1-4,10,13,24H,5-9,11H2,(H,21,22). The first-order valence-electron chi connectivity index (χ1n) is 8.17. The van der Waals surface area contributed by atoms with Gasteiger partial charge in [-0.05, 0) is 36.5 Å². The number of hydrogen-bond acceptors (Lipinski definition) is 5. The molecular weight excluding hydrogens is 351 g/mol. The second-order valence-corrected chi connectivity index (χ2v) is 7.19. The lowest BCUT2D eigenvalue weighted by molar-refractivity contribution is -0.134. The highest BCUT2D eigenvalue weighted by molar-refractivity contribution is 7.15. The molecule has 1 aromatic heterocycles. The third-order valence-corrected chi connectivity index (χ3v) is 5.40. The van der Waals surface area contributed by atoms with Gasteiger partial charge in [-0.25, -0.2) is 4.98 Å². The van der Waals surface area contributed by atoms with E-state index in [0.717, 1.165) is 43.4 Å². The molecule has 136 valence electrons. The van der Waals surface area contributed by atoms with Crippen LogP contribution in [0.1, 0.15) is 23.3 Å². The molecule has 0 aliphatic carbocycles. The number of rotatable bonds is 5. The zero-order valence-corrected chi connectivity index (χ0v) is 14.4. The highest BCUT2D eigenvalue weighted by atomic mass is 32.1. The summed E-state index contributed by atoms with van der Waals surface area (Å²) < 4.78 is 37.7. The van der Waals surface area contributed by atoms with Gasteiger partial charge in [0.1, 0.15) is 4.88 Å². The van der Waals surface area contributed by atoms with Gasteiger partial charge in [0.05, 0.1) is 6.20 Å². The summed E-state index contributed by atoms with van der Waals surface area (Å²) in [6.07, 6.45) is -1.51. The number of thiazole rings is 1. The molecule has 0 amide bonds. The lowest BCUT2D eigenvalue weighted by Gasteiger charge is -2.33. The molecule has 25 heavy (non-hydrogen) atoms.